The van der Waals surface area contributed by atoms with Gasteiger partial charge in [0.2, 0.25) is 5.91 Å². The molecule has 1 rings (SSSR count). The maximum absolute atomic E-state index is 11.9. The van der Waals surface area contributed by atoms with Crippen LogP contribution in [0.5, 0.6) is 0 Å². The molecule has 0 spiro atoms. The summed E-state index contributed by atoms with van der Waals surface area (Å²) in [7, 11) is 0. The van der Waals surface area contributed by atoms with Crippen molar-refractivity contribution in [1.29, 1.82) is 0 Å². The van der Waals surface area contributed by atoms with Gasteiger partial charge in [0.1, 0.15) is 0 Å². The molecule has 0 aliphatic rings. The van der Waals surface area contributed by atoms with Crippen molar-refractivity contribution in [3.8, 4) is 0 Å². The summed E-state index contributed by atoms with van der Waals surface area (Å²) in [6.07, 6.45) is 3.92. The van der Waals surface area contributed by atoms with Gasteiger partial charge < -0.3 is 10.6 Å². The number of nitrogens with zero attached hydrogens (tertiary/aromatic N) is 1. The van der Waals surface area contributed by atoms with E-state index < -0.39 is 0 Å². The molecule has 0 heterocycles. The van der Waals surface area contributed by atoms with Gasteiger partial charge in [0.15, 0.2) is 0 Å². The second-order valence-electron chi connectivity index (χ2n) is 4.26. The Morgan fingerprint density at radius 3 is 2.58 bits per heavy atom. The Labute approximate surface area is 121 Å². The van der Waals surface area contributed by atoms with Crippen LogP contribution in [0.4, 0.5) is 0 Å². The van der Waals surface area contributed by atoms with E-state index in [-0.39, 0.29) is 18.3 Å². The second kappa shape index (κ2) is 10.6. The van der Waals surface area contributed by atoms with Crippen molar-refractivity contribution in [2.75, 3.05) is 19.6 Å². The summed E-state index contributed by atoms with van der Waals surface area (Å²) in [5.74, 6) is 0.163. The molecule has 0 aliphatic carbocycles. The number of hydrogen-bond acceptors (Lipinski definition) is 2. The average Bonchev–Trinajstić information content (AvgIpc) is 2.42. The molecule has 0 bridgehead atoms. The van der Waals surface area contributed by atoms with Gasteiger partial charge >= 0.3 is 0 Å². The molecule has 1 amide bonds. The Morgan fingerprint density at radius 1 is 1.32 bits per heavy atom. The molecule has 19 heavy (non-hydrogen) atoms. The highest BCUT2D eigenvalue weighted by atomic mass is 35.5. The lowest BCUT2D eigenvalue weighted by Gasteiger charge is -2.21. The van der Waals surface area contributed by atoms with Gasteiger partial charge in [0, 0.05) is 19.5 Å². The van der Waals surface area contributed by atoms with Crippen molar-refractivity contribution in [2.45, 2.75) is 19.3 Å². The van der Waals surface area contributed by atoms with Gasteiger partial charge in [-0.2, -0.15) is 0 Å². The first-order chi connectivity index (χ1) is 8.77. The molecular formula is C15H23ClN2O. The lowest BCUT2D eigenvalue weighted by Crippen LogP contribution is -2.33. The summed E-state index contributed by atoms with van der Waals surface area (Å²) in [4.78, 5) is 13.8. The van der Waals surface area contributed by atoms with Gasteiger partial charge in [-0.05, 0) is 24.9 Å². The standard InChI is InChI=1S/C15H22N2O.ClH/c1-2-12-17(15(18)9-6-11-16)13-10-14-7-4-3-5-8-14;/h2-5,7-8H,1,6,9-13,16H2;1H. The van der Waals surface area contributed by atoms with Gasteiger partial charge in [-0.1, -0.05) is 36.4 Å². The molecule has 3 nitrogen and oxygen atoms in total. The molecular weight excluding hydrogens is 260 g/mol. The molecule has 0 unspecified atom stereocenters. The number of carbonyl (C=O) groups is 1. The Balaban J connectivity index is 0.00000324. The van der Waals surface area contributed by atoms with Gasteiger partial charge in [-0.15, -0.1) is 19.0 Å². The number of hydrogen-bond donors (Lipinski definition) is 1. The minimum atomic E-state index is 0. The zero-order chi connectivity index (χ0) is 13.2. The van der Waals surface area contributed by atoms with Crippen LogP contribution in [0.25, 0.3) is 0 Å². The molecule has 0 atom stereocenters. The van der Waals surface area contributed by atoms with Crippen LogP contribution < -0.4 is 5.73 Å². The number of nitrogens with two attached hydrogens (primary N) is 1. The number of halogens is 1. The van der Waals surface area contributed by atoms with Crippen molar-refractivity contribution >= 4 is 18.3 Å². The van der Waals surface area contributed by atoms with Crippen LogP contribution in [-0.2, 0) is 11.2 Å². The Morgan fingerprint density at radius 2 is 2.00 bits per heavy atom. The smallest absolute Gasteiger partial charge is 0.222 e. The molecule has 0 radical (unpaired) electrons. The van der Waals surface area contributed by atoms with Crippen LogP contribution in [0.2, 0.25) is 0 Å². The minimum absolute atomic E-state index is 0. The van der Waals surface area contributed by atoms with E-state index in [1.165, 1.54) is 5.56 Å². The zero-order valence-corrected chi connectivity index (χ0v) is 12.1. The first-order valence-corrected chi connectivity index (χ1v) is 6.40. The van der Waals surface area contributed by atoms with Crippen molar-refractivity contribution in [3.63, 3.8) is 0 Å². The summed E-state index contributed by atoms with van der Waals surface area (Å²) in [6.45, 7) is 5.60. The normalized spacial score (nSPS) is 9.53. The fourth-order valence-corrected chi connectivity index (χ4v) is 1.79. The molecule has 106 valence electrons. The fourth-order valence-electron chi connectivity index (χ4n) is 1.79. The Bertz CT molecular complexity index is 368. The van der Waals surface area contributed by atoms with E-state index in [9.17, 15) is 4.79 Å². The van der Waals surface area contributed by atoms with E-state index in [2.05, 4.69) is 18.7 Å². The third-order valence-electron chi connectivity index (χ3n) is 2.81. The van der Waals surface area contributed by atoms with E-state index in [1.807, 2.05) is 23.1 Å². The van der Waals surface area contributed by atoms with Gasteiger partial charge in [-0.25, -0.2) is 0 Å². The van der Waals surface area contributed by atoms with E-state index in [0.29, 0.717) is 19.5 Å². The molecule has 2 N–H and O–H groups in total. The third-order valence-corrected chi connectivity index (χ3v) is 2.81. The predicted octanol–water partition coefficient (Wildman–Crippen LogP) is 2.40. The molecule has 0 saturated carbocycles. The number of benzene rings is 1. The lowest BCUT2D eigenvalue weighted by molar-refractivity contribution is -0.130. The molecule has 0 aliphatic heterocycles. The second-order valence-corrected chi connectivity index (χ2v) is 4.26. The number of rotatable bonds is 8. The van der Waals surface area contributed by atoms with Crippen LogP contribution in [0.1, 0.15) is 18.4 Å². The first kappa shape index (κ1) is 17.7. The Hall–Kier alpha value is -1.32. The van der Waals surface area contributed by atoms with Gasteiger partial charge in [-0.3, -0.25) is 4.79 Å². The molecule has 1 aromatic carbocycles. The van der Waals surface area contributed by atoms with Crippen LogP contribution in [-0.4, -0.2) is 30.4 Å². The van der Waals surface area contributed by atoms with Gasteiger partial charge in [0.25, 0.3) is 0 Å². The van der Waals surface area contributed by atoms with Gasteiger partial charge in [0.05, 0.1) is 0 Å². The number of amides is 1. The fraction of sp³-hybridized carbons (Fsp3) is 0.400. The topological polar surface area (TPSA) is 46.3 Å². The summed E-state index contributed by atoms with van der Waals surface area (Å²) in [5, 5.41) is 0. The summed E-state index contributed by atoms with van der Waals surface area (Å²) in [5.41, 5.74) is 6.67. The van der Waals surface area contributed by atoms with Crippen molar-refractivity contribution in [2.24, 2.45) is 5.73 Å². The number of carbonyl (C=O) groups excluding carboxylic acids is 1. The maximum atomic E-state index is 11.9. The van der Waals surface area contributed by atoms with E-state index in [1.54, 1.807) is 6.08 Å². The largest absolute Gasteiger partial charge is 0.339 e. The molecule has 0 saturated heterocycles. The van der Waals surface area contributed by atoms with Crippen LogP contribution in [0.3, 0.4) is 0 Å². The summed E-state index contributed by atoms with van der Waals surface area (Å²) < 4.78 is 0. The maximum Gasteiger partial charge on any atom is 0.222 e. The molecule has 0 fully saturated rings. The molecule has 1 aromatic rings. The molecule has 4 heteroatoms. The average molecular weight is 283 g/mol. The summed E-state index contributed by atoms with van der Waals surface area (Å²) in [6, 6.07) is 10.2. The van der Waals surface area contributed by atoms with Crippen molar-refractivity contribution in [1.82, 2.24) is 4.90 Å². The summed E-state index contributed by atoms with van der Waals surface area (Å²) >= 11 is 0. The molecule has 0 aromatic heterocycles. The van der Waals surface area contributed by atoms with Crippen molar-refractivity contribution in [3.05, 3.63) is 48.6 Å². The van der Waals surface area contributed by atoms with E-state index in [0.717, 1.165) is 19.4 Å². The van der Waals surface area contributed by atoms with E-state index >= 15 is 0 Å². The highest BCUT2D eigenvalue weighted by molar-refractivity contribution is 5.85. The van der Waals surface area contributed by atoms with Crippen LogP contribution in [0.15, 0.2) is 43.0 Å². The zero-order valence-electron chi connectivity index (χ0n) is 11.3. The van der Waals surface area contributed by atoms with Crippen molar-refractivity contribution < 1.29 is 4.79 Å². The highest BCUT2D eigenvalue weighted by Gasteiger charge is 2.11. The van der Waals surface area contributed by atoms with Crippen LogP contribution in [0, 0.1) is 0 Å². The quantitative estimate of drug-likeness (QED) is 0.744. The lowest BCUT2D eigenvalue weighted by atomic mass is 10.1. The third kappa shape index (κ3) is 6.99. The predicted molar refractivity (Wildman–Crippen MR) is 82.5 cm³/mol. The highest BCUT2D eigenvalue weighted by Crippen LogP contribution is 2.04. The van der Waals surface area contributed by atoms with Crippen LogP contribution >= 0.6 is 12.4 Å². The SMILES string of the molecule is C=CCN(CCc1ccccc1)C(=O)CCCN.Cl. The monoisotopic (exact) mass is 282 g/mol. The first-order valence-electron chi connectivity index (χ1n) is 6.40. The van der Waals surface area contributed by atoms with E-state index in [4.69, 9.17) is 5.73 Å². The minimum Gasteiger partial charge on any atom is -0.339 e. The Kier molecular flexibility index (Phi) is 9.85.